The van der Waals surface area contributed by atoms with Gasteiger partial charge >= 0.3 is 0 Å². The lowest BCUT2D eigenvalue weighted by Crippen LogP contribution is -2.18. The molecule has 3 rings (SSSR count). The minimum atomic E-state index is -0.138. The van der Waals surface area contributed by atoms with Gasteiger partial charge in [0, 0.05) is 0 Å². The summed E-state index contributed by atoms with van der Waals surface area (Å²) in [6.07, 6.45) is 2.52. The highest BCUT2D eigenvalue weighted by atomic mass is 15.4. The number of para-hydroxylation sites is 1. The molecule has 1 aromatic heterocycles. The van der Waals surface area contributed by atoms with Crippen LogP contribution in [0.1, 0.15) is 22.9 Å². The summed E-state index contributed by atoms with van der Waals surface area (Å²) >= 11 is 0. The molecule has 4 nitrogen and oxygen atoms in total. The maximum Gasteiger partial charge on any atom is 0.0816 e. The van der Waals surface area contributed by atoms with E-state index < -0.39 is 0 Å². The van der Waals surface area contributed by atoms with Gasteiger partial charge in [0.25, 0.3) is 0 Å². The zero-order valence-electron chi connectivity index (χ0n) is 12.0. The molecule has 1 atom stereocenters. The fourth-order valence-corrected chi connectivity index (χ4v) is 2.45. The van der Waals surface area contributed by atoms with Crippen LogP contribution >= 0.6 is 0 Å². The number of aromatic nitrogens is 3. The topological polar surface area (TPSA) is 56.7 Å². The lowest BCUT2D eigenvalue weighted by Gasteiger charge is -2.14. The molecule has 0 saturated carbocycles. The van der Waals surface area contributed by atoms with Gasteiger partial charge in [-0.25, -0.2) is 4.68 Å². The maximum absolute atomic E-state index is 6.38. The quantitative estimate of drug-likeness (QED) is 0.798. The van der Waals surface area contributed by atoms with Crippen LogP contribution in [-0.2, 0) is 6.42 Å². The van der Waals surface area contributed by atoms with Gasteiger partial charge in [0.15, 0.2) is 0 Å². The van der Waals surface area contributed by atoms with Crippen LogP contribution in [0.5, 0.6) is 0 Å². The number of nitrogens with two attached hydrogens (primary N) is 1. The Morgan fingerprint density at radius 2 is 1.76 bits per heavy atom. The van der Waals surface area contributed by atoms with Gasteiger partial charge in [0.05, 0.1) is 23.6 Å². The lowest BCUT2D eigenvalue weighted by molar-refractivity contribution is 0.647. The third-order valence-electron chi connectivity index (χ3n) is 3.66. The molecule has 0 radical (unpaired) electrons. The van der Waals surface area contributed by atoms with E-state index in [0.29, 0.717) is 0 Å². The molecule has 1 heterocycles. The lowest BCUT2D eigenvalue weighted by atomic mass is 10.00. The molecule has 106 valence electrons. The van der Waals surface area contributed by atoms with Gasteiger partial charge in [-0.3, -0.25) is 0 Å². The Bertz CT molecular complexity index is 718. The van der Waals surface area contributed by atoms with Crippen molar-refractivity contribution in [1.82, 2.24) is 15.0 Å². The minimum Gasteiger partial charge on any atom is -0.322 e. The molecule has 21 heavy (non-hydrogen) atoms. The maximum atomic E-state index is 6.38. The molecule has 0 aliphatic carbocycles. The van der Waals surface area contributed by atoms with E-state index >= 15 is 0 Å². The van der Waals surface area contributed by atoms with Gasteiger partial charge in [0.1, 0.15) is 0 Å². The van der Waals surface area contributed by atoms with E-state index in [9.17, 15) is 0 Å². The highest BCUT2D eigenvalue weighted by Gasteiger charge is 2.15. The Balaban J connectivity index is 1.88. The standard InChI is InChI=1S/C17H18N4/c1-13-7-5-6-8-14(13)11-16(18)17-12-19-20-21(17)15-9-3-2-4-10-15/h2-10,12,16H,11,18H2,1H3. The fraction of sp³-hybridized carbons (Fsp3) is 0.176. The van der Waals surface area contributed by atoms with Crippen LogP contribution in [0.4, 0.5) is 0 Å². The molecule has 2 aromatic carbocycles. The van der Waals surface area contributed by atoms with E-state index in [0.717, 1.165) is 17.8 Å². The molecule has 4 heteroatoms. The van der Waals surface area contributed by atoms with E-state index in [-0.39, 0.29) is 6.04 Å². The summed E-state index contributed by atoms with van der Waals surface area (Å²) in [7, 11) is 0. The van der Waals surface area contributed by atoms with Crippen molar-refractivity contribution in [2.75, 3.05) is 0 Å². The molecular weight excluding hydrogens is 260 g/mol. The van der Waals surface area contributed by atoms with Gasteiger partial charge < -0.3 is 5.73 Å². The number of hydrogen-bond acceptors (Lipinski definition) is 3. The molecule has 0 aliphatic rings. The average Bonchev–Trinajstić information content (AvgIpc) is 3.00. The summed E-state index contributed by atoms with van der Waals surface area (Å²) in [5.41, 5.74) is 10.8. The third kappa shape index (κ3) is 2.85. The summed E-state index contributed by atoms with van der Waals surface area (Å²) in [5, 5.41) is 8.17. The third-order valence-corrected chi connectivity index (χ3v) is 3.66. The summed E-state index contributed by atoms with van der Waals surface area (Å²) in [4.78, 5) is 0. The predicted molar refractivity (Wildman–Crippen MR) is 83.2 cm³/mol. The Kier molecular flexibility index (Phi) is 3.79. The molecule has 3 aromatic rings. The van der Waals surface area contributed by atoms with Crippen molar-refractivity contribution in [3.05, 3.63) is 77.6 Å². The molecule has 0 fully saturated rings. The van der Waals surface area contributed by atoms with Gasteiger partial charge in [-0.05, 0) is 36.6 Å². The SMILES string of the molecule is Cc1ccccc1CC(N)c1cnnn1-c1ccccc1. The van der Waals surface area contributed by atoms with Gasteiger partial charge in [-0.1, -0.05) is 47.7 Å². The van der Waals surface area contributed by atoms with Crippen molar-refractivity contribution in [1.29, 1.82) is 0 Å². The summed E-state index contributed by atoms with van der Waals surface area (Å²) in [6, 6.07) is 18.1. The van der Waals surface area contributed by atoms with E-state index in [1.54, 1.807) is 6.20 Å². The molecule has 1 unspecified atom stereocenters. The first-order chi connectivity index (χ1) is 10.3. The Morgan fingerprint density at radius 3 is 2.52 bits per heavy atom. The van der Waals surface area contributed by atoms with Crippen LogP contribution < -0.4 is 5.73 Å². The Labute approximate surface area is 124 Å². The Hall–Kier alpha value is -2.46. The second-order valence-corrected chi connectivity index (χ2v) is 5.14. The summed E-state index contributed by atoms with van der Waals surface area (Å²) in [6.45, 7) is 2.11. The van der Waals surface area contributed by atoms with Crippen molar-refractivity contribution in [3.8, 4) is 5.69 Å². The first-order valence-corrected chi connectivity index (χ1v) is 7.02. The fourth-order valence-electron chi connectivity index (χ4n) is 2.45. The van der Waals surface area contributed by atoms with Gasteiger partial charge in [0.2, 0.25) is 0 Å². The van der Waals surface area contributed by atoms with Crippen LogP contribution in [0, 0.1) is 6.92 Å². The molecule has 0 spiro atoms. The van der Waals surface area contributed by atoms with E-state index in [2.05, 4.69) is 29.4 Å². The number of rotatable bonds is 4. The number of benzene rings is 2. The molecule has 0 amide bonds. The molecule has 2 N–H and O–H groups in total. The summed E-state index contributed by atoms with van der Waals surface area (Å²) in [5.74, 6) is 0. The van der Waals surface area contributed by atoms with E-state index in [4.69, 9.17) is 5.73 Å². The average molecular weight is 278 g/mol. The highest BCUT2D eigenvalue weighted by molar-refractivity contribution is 5.33. The molecule has 0 aliphatic heterocycles. The second kappa shape index (κ2) is 5.89. The number of hydrogen-bond donors (Lipinski definition) is 1. The molecular formula is C17H18N4. The Morgan fingerprint density at radius 1 is 1.05 bits per heavy atom. The first kappa shape index (κ1) is 13.5. The zero-order valence-corrected chi connectivity index (χ0v) is 12.0. The minimum absolute atomic E-state index is 0.138. The van der Waals surface area contributed by atoms with Crippen LogP contribution in [-0.4, -0.2) is 15.0 Å². The van der Waals surface area contributed by atoms with Crippen LogP contribution in [0.2, 0.25) is 0 Å². The predicted octanol–water partition coefficient (Wildman–Crippen LogP) is 2.82. The second-order valence-electron chi connectivity index (χ2n) is 5.14. The van der Waals surface area contributed by atoms with E-state index in [1.807, 2.05) is 47.1 Å². The molecule has 0 bridgehead atoms. The summed E-state index contributed by atoms with van der Waals surface area (Å²) < 4.78 is 1.81. The zero-order chi connectivity index (χ0) is 14.7. The monoisotopic (exact) mass is 278 g/mol. The molecule has 0 saturated heterocycles. The van der Waals surface area contributed by atoms with Crippen molar-refractivity contribution < 1.29 is 0 Å². The van der Waals surface area contributed by atoms with Gasteiger partial charge in [-0.2, -0.15) is 0 Å². The van der Waals surface area contributed by atoms with Crippen LogP contribution in [0.15, 0.2) is 60.8 Å². The van der Waals surface area contributed by atoms with Crippen LogP contribution in [0.25, 0.3) is 5.69 Å². The number of nitrogens with zero attached hydrogens (tertiary/aromatic N) is 3. The van der Waals surface area contributed by atoms with Crippen molar-refractivity contribution in [2.45, 2.75) is 19.4 Å². The van der Waals surface area contributed by atoms with Gasteiger partial charge in [-0.15, -0.1) is 5.10 Å². The normalized spacial score (nSPS) is 12.3. The van der Waals surface area contributed by atoms with Crippen molar-refractivity contribution >= 4 is 0 Å². The highest BCUT2D eigenvalue weighted by Crippen LogP contribution is 2.20. The number of aryl methyl sites for hydroxylation is 1. The van der Waals surface area contributed by atoms with Crippen molar-refractivity contribution in [2.24, 2.45) is 5.73 Å². The smallest absolute Gasteiger partial charge is 0.0816 e. The van der Waals surface area contributed by atoms with Crippen LogP contribution in [0.3, 0.4) is 0 Å². The van der Waals surface area contributed by atoms with E-state index in [1.165, 1.54) is 11.1 Å². The van der Waals surface area contributed by atoms with Crippen molar-refractivity contribution in [3.63, 3.8) is 0 Å². The first-order valence-electron chi connectivity index (χ1n) is 7.02. The largest absolute Gasteiger partial charge is 0.322 e.